The quantitative estimate of drug-likeness (QED) is 0.770. The highest BCUT2D eigenvalue weighted by Crippen LogP contribution is 2.27. The first kappa shape index (κ1) is 11.7. The van der Waals surface area contributed by atoms with Gasteiger partial charge in [-0.05, 0) is 35.9 Å². The summed E-state index contributed by atoms with van der Waals surface area (Å²) in [4.78, 5) is 0. The maximum atomic E-state index is 13.6. The van der Waals surface area contributed by atoms with E-state index in [4.69, 9.17) is 5.26 Å². The van der Waals surface area contributed by atoms with Gasteiger partial charge in [0.15, 0.2) is 0 Å². The van der Waals surface area contributed by atoms with Crippen molar-refractivity contribution in [2.24, 2.45) is 0 Å². The first-order valence-corrected chi connectivity index (χ1v) is 5.55. The van der Waals surface area contributed by atoms with Gasteiger partial charge in [0.2, 0.25) is 0 Å². The summed E-state index contributed by atoms with van der Waals surface area (Å²) in [5.41, 5.74) is 1.22. The molecule has 0 atom stereocenters. The van der Waals surface area contributed by atoms with Crippen LogP contribution in [0.1, 0.15) is 5.56 Å². The predicted octanol–water partition coefficient (Wildman–Crippen LogP) is 4.27. The zero-order chi connectivity index (χ0) is 12.4. The lowest BCUT2D eigenvalue weighted by molar-refractivity contribution is 0.585. The molecule has 0 unspecified atom stereocenters. The third kappa shape index (κ3) is 2.51. The summed E-state index contributed by atoms with van der Waals surface area (Å²) in [5.74, 6) is -1.27. The third-order valence-corrected chi connectivity index (χ3v) is 2.73. The Morgan fingerprint density at radius 2 is 1.82 bits per heavy atom. The first-order valence-electron chi connectivity index (χ1n) is 4.76. The van der Waals surface area contributed by atoms with Gasteiger partial charge in [0.1, 0.15) is 11.6 Å². The van der Waals surface area contributed by atoms with Gasteiger partial charge in [-0.2, -0.15) is 5.26 Å². The van der Waals surface area contributed by atoms with Crippen molar-refractivity contribution in [2.45, 2.75) is 0 Å². The number of nitriles is 1. The molecule has 0 heterocycles. The van der Waals surface area contributed by atoms with E-state index in [-0.39, 0.29) is 5.56 Å². The van der Waals surface area contributed by atoms with Crippen molar-refractivity contribution in [3.05, 3.63) is 58.1 Å². The fourth-order valence-corrected chi connectivity index (χ4v) is 2.03. The zero-order valence-electron chi connectivity index (χ0n) is 8.55. The minimum absolute atomic E-state index is 0.268. The fraction of sp³-hybridized carbons (Fsp3) is 0. The topological polar surface area (TPSA) is 23.8 Å². The van der Waals surface area contributed by atoms with Crippen LogP contribution in [-0.2, 0) is 0 Å². The maximum absolute atomic E-state index is 13.6. The van der Waals surface area contributed by atoms with Crippen LogP contribution in [0.2, 0.25) is 0 Å². The molecule has 2 rings (SSSR count). The van der Waals surface area contributed by atoms with Crippen LogP contribution in [0.4, 0.5) is 8.78 Å². The zero-order valence-corrected chi connectivity index (χ0v) is 10.1. The molecule has 0 aliphatic carbocycles. The highest BCUT2D eigenvalue weighted by atomic mass is 79.9. The second kappa shape index (κ2) is 4.64. The van der Waals surface area contributed by atoms with Gasteiger partial charge in [-0.25, -0.2) is 8.78 Å². The number of hydrogen-bond acceptors (Lipinski definition) is 1. The normalized spacial score (nSPS) is 10.0. The average molecular weight is 294 g/mol. The Balaban J connectivity index is 2.61. The molecule has 0 bridgehead atoms. The van der Waals surface area contributed by atoms with Crippen molar-refractivity contribution in [3.63, 3.8) is 0 Å². The minimum atomic E-state index is -0.646. The van der Waals surface area contributed by atoms with Gasteiger partial charge in [0, 0.05) is 16.1 Å². The molecule has 0 aliphatic rings. The van der Waals surface area contributed by atoms with Crippen molar-refractivity contribution in [1.82, 2.24) is 0 Å². The number of rotatable bonds is 1. The Kier molecular flexibility index (Phi) is 3.21. The van der Waals surface area contributed by atoms with Crippen LogP contribution in [0.15, 0.2) is 40.9 Å². The summed E-state index contributed by atoms with van der Waals surface area (Å²) in [6.07, 6.45) is 0. The van der Waals surface area contributed by atoms with Crippen LogP contribution in [0.3, 0.4) is 0 Å². The van der Waals surface area contributed by atoms with E-state index in [1.54, 1.807) is 18.2 Å². The SMILES string of the molecule is N#Cc1cc(Br)cc(-c2ccc(F)cc2F)c1. The van der Waals surface area contributed by atoms with Gasteiger partial charge >= 0.3 is 0 Å². The molecule has 0 aliphatic heterocycles. The van der Waals surface area contributed by atoms with Crippen LogP contribution >= 0.6 is 15.9 Å². The lowest BCUT2D eigenvalue weighted by atomic mass is 10.0. The molecule has 2 aromatic rings. The lowest BCUT2D eigenvalue weighted by Gasteiger charge is -2.05. The Morgan fingerprint density at radius 1 is 1.06 bits per heavy atom. The van der Waals surface area contributed by atoms with E-state index in [1.807, 2.05) is 6.07 Å². The van der Waals surface area contributed by atoms with Crippen molar-refractivity contribution < 1.29 is 8.78 Å². The van der Waals surface area contributed by atoms with E-state index in [0.29, 0.717) is 15.6 Å². The molecule has 0 saturated heterocycles. The maximum Gasteiger partial charge on any atom is 0.133 e. The molecule has 0 aromatic heterocycles. The van der Waals surface area contributed by atoms with Crippen molar-refractivity contribution >= 4 is 15.9 Å². The van der Waals surface area contributed by atoms with E-state index in [9.17, 15) is 8.78 Å². The van der Waals surface area contributed by atoms with Crippen molar-refractivity contribution in [2.75, 3.05) is 0 Å². The first-order chi connectivity index (χ1) is 8.10. The Hall–Kier alpha value is -1.73. The van der Waals surface area contributed by atoms with E-state index in [0.717, 1.165) is 6.07 Å². The second-order valence-corrected chi connectivity index (χ2v) is 4.38. The van der Waals surface area contributed by atoms with E-state index in [2.05, 4.69) is 15.9 Å². The molecule has 1 nitrogen and oxygen atoms in total. The summed E-state index contributed by atoms with van der Waals surface area (Å²) in [7, 11) is 0. The second-order valence-electron chi connectivity index (χ2n) is 3.46. The van der Waals surface area contributed by atoms with Crippen molar-refractivity contribution in [3.8, 4) is 17.2 Å². The fourth-order valence-electron chi connectivity index (χ4n) is 1.53. The van der Waals surface area contributed by atoms with Gasteiger partial charge in [0.25, 0.3) is 0 Å². The Morgan fingerprint density at radius 3 is 2.47 bits per heavy atom. The lowest BCUT2D eigenvalue weighted by Crippen LogP contribution is -1.87. The highest BCUT2D eigenvalue weighted by Gasteiger charge is 2.08. The molecular weight excluding hydrogens is 288 g/mol. The minimum Gasteiger partial charge on any atom is -0.207 e. The third-order valence-electron chi connectivity index (χ3n) is 2.27. The molecule has 0 spiro atoms. The smallest absolute Gasteiger partial charge is 0.133 e. The molecule has 2 aromatic carbocycles. The molecule has 17 heavy (non-hydrogen) atoms. The van der Waals surface area contributed by atoms with Gasteiger partial charge in [-0.3, -0.25) is 0 Å². The van der Waals surface area contributed by atoms with E-state index in [1.165, 1.54) is 12.1 Å². The molecule has 0 N–H and O–H groups in total. The number of hydrogen-bond donors (Lipinski definition) is 0. The molecule has 0 fully saturated rings. The van der Waals surface area contributed by atoms with Gasteiger partial charge in [-0.1, -0.05) is 15.9 Å². The molecule has 84 valence electrons. The molecule has 0 amide bonds. The number of benzene rings is 2. The van der Waals surface area contributed by atoms with Gasteiger partial charge in [0.05, 0.1) is 11.6 Å². The monoisotopic (exact) mass is 293 g/mol. The van der Waals surface area contributed by atoms with Crippen LogP contribution in [0.5, 0.6) is 0 Å². The number of nitrogens with zero attached hydrogens (tertiary/aromatic N) is 1. The molecular formula is C13H6BrF2N. The van der Waals surface area contributed by atoms with Gasteiger partial charge in [-0.15, -0.1) is 0 Å². The Bertz CT molecular complexity index is 617. The molecule has 4 heteroatoms. The van der Waals surface area contributed by atoms with Crippen LogP contribution < -0.4 is 0 Å². The van der Waals surface area contributed by atoms with Crippen LogP contribution in [0.25, 0.3) is 11.1 Å². The molecule has 0 radical (unpaired) electrons. The molecule has 0 saturated carbocycles. The van der Waals surface area contributed by atoms with Crippen molar-refractivity contribution in [1.29, 1.82) is 5.26 Å². The standard InChI is InChI=1S/C13H6BrF2N/c14-10-4-8(7-17)3-9(5-10)12-2-1-11(15)6-13(12)16/h1-6H. The summed E-state index contributed by atoms with van der Waals surface area (Å²) >= 11 is 3.24. The number of halogens is 3. The van der Waals surface area contributed by atoms with Gasteiger partial charge < -0.3 is 0 Å². The van der Waals surface area contributed by atoms with E-state index < -0.39 is 11.6 Å². The average Bonchev–Trinajstić information content (AvgIpc) is 2.28. The summed E-state index contributed by atoms with van der Waals surface area (Å²) in [6, 6.07) is 10.2. The summed E-state index contributed by atoms with van der Waals surface area (Å²) < 4.78 is 27.0. The Labute approximate surface area is 105 Å². The van der Waals surface area contributed by atoms with E-state index >= 15 is 0 Å². The summed E-state index contributed by atoms with van der Waals surface area (Å²) in [6.45, 7) is 0. The predicted molar refractivity (Wildman–Crippen MR) is 64.2 cm³/mol. The van der Waals surface area contributed by atoms with Crippen LogP contribution in [-0.4, -0.2) is 0 Å². The highest BCUT2D eigenvalue weighted by molar-refractivity contribution is 9.10. The summed E-state index contributed by atoms with van der Waals surface area (Å²) in [5, 5.41) is 8.82. The van der Waals surface area contributed by atoms with Crippen LogP contribution in [0, 0.1) is 23.0 Å². The largest absolute Gasteiger partial charge is 0.207 e.